The predicted molar refractivity (Wildman–Crippen MR) is 68.5 cm³/mol. The fourth-order valence-corrected chi connectivity index (χ4v) is 2.70. The number of nitrogens with two attached hydrogens (primary N) is 1. The van der Waals surface area contributed by atoms with E-state index < -0.39 is 0 Å². The summed E-state index contributed by atoms with van der Waals surface area (Å²) in [6, 6.07) is 5.89. The summed E-state index contributed by atoms with van der Waals surface area (Å²) in [5.74, 6) is 1.72. The number of methoxy groups -OCH3 is 1. The molecule has 3 nitrogen and oxygen atoms in total. The van der Waals surface area contributed by atoms with Crippen LogP contribution in [0.1, 0.15) is 38.2 Å². The molecule has 0 aromatic heterocycles. The summed E-state index contributed by atoms with van der Waals surface area (Å²) >= 11 is 0. The fourth-order valence-electron chi connectivity index (χ4n) is 2.70. The van der Waals surface area contributed by atoms with Crippen LogP contribution in [0, 0.1) is 0 Å². The Bertz CT molecular complexity index is 384. The van der Waals surface area contributed by atoms with E-state index >= 15 is 0 Å². The highest BCUT2D eigenvalue weighted by molar-refractivity contribution is 5.49. The predicted octanol–water partition coefficient (Wildman–Crippen LogP) is 2.82. The molecule has 0 spiro atoms. The van der Waals surface area contributed by atoms with Crippen LogP contribution in [0.5, 0.6) is 11.5 Å². The van der Waals surface area contributed by atoms with Crippen molar-refractivity contribution >= 4 is 0 Å². The maximum atomic E-state index is 6.53. The molecule has 0 radical (unpaired) electrons. The molecule has 0 unspecified atom stereocenters. The van der Waals surface area contributed by atoms with Gasteiger partial charge in [0.15, 0.2) is 0 Å². The Kier molecular flexibility index (Phi) is 3.57. The molecule has 3 heteroatoms. The van der Waals surface area contributed by atoms with Gasteiger partial charge in [0, 0.05) is 5.54 Å². The quantitative estimate of drug-likeness (QED) is 0.872. The molecular formula is C14H21NO2. The normalized spacial score (nSPS) is 18.1. The highest BCUT2D eigenvalue weighted by Gasteiger charge is 2.36. The summed E-state index contributed by atoms with van der Waals surface area (Å²) in [4.78, 5) is 0. The molecule has 0 atom stereocenters. The van der Waals surface area contributed by atoms with Gasteiger partial charge in [-0.3, -0.25) is 0 Å². The zero-order valence-electron chi connectivity index (χ0n) is 10.7. The van der Waals surface area contributed by atoms with Gasteiger partial charge < -0.3 is 15.2 Å². The molecule has 17 heavy (non-hydrogen) atoms. The molecule has 1 aliphatic carbocycles. The van der Waals surface area contributed by atoms with Gasteiger partial charge in [0.1, 0.15) is 11.5 Å². The Hall–Kier alpha value is -1.22. The lowest BCUT2D eigenvalue weighted by Crippen LogP contribution is -2.34. The largest absolute Gasteiger partial charge is 0.496 e. The molecule has 0 bridgehead atoms. The third-order valence-electron chi connectivity index (χ3n) is 3.50. The Morgan fingerprint density at radius 1 is 1.24 bits per heavy atom. The molecule has 1 aliphatic rings. The van der Waals surface area contributed by atoms with Crippen LogP contribution in [-0.4, -0.2) is 13.7 Å². The molecule has 0 heterocycles. The van der Waals surface area contributed by atoms with Crippen molar-refractivity contribution in [1.82, 2.24) is 0 Å². The fraction of sp³-hybridized carbons (Fsp3) is 0.571. The van der Waals surface area contributed by atoms with Crippen molar-refractivity contribution in [1.29, 1.82) is 0 Å². The standard InChI is InChI=1S/C14H21NO2/c1-3-17-12-8-6-7-11(16-2)13(12)14(15)9-4-5-10-14/h6-8H,3-5,9-10,15H2,1-2H3. The lowest BCUT2D eigenvalue weighted by molar-refractivity contribution is 0.311. The van der Waals surface area contributed by atoms with Crippen molar-refractivity contribution in [2.24, 2.45) is 5.73 Å². The van der Waals surface area contributed by atoms with E-state index in [0.717, 1.165) is 29.9 Å². The van der Waals surface area contributed by atoms with Gasteiger partial charge in [0.25, 0.3) is 0 Å². The van der Waals surface area contributed by atoms with Crippen molar-refractivity contribution in [3.8, 4) is 11.5 Å². The van der Waals surface area contributed by atoms with Crippen LogP contribution in [0.4, 0.5) is 0 Å². The van der Waals surface area contributed by atoms with E-state index in [2.05, 4.69) is 0 Å². The van der Waals surface area contributed by atoms with Gasteiger partial charge >= 0.3 is 0 Å². The van der Waals surface area contributed by atoms with E-state index in [1.54, 1.807) is 7.11 Å². The maximum Gasteiger partial charge on any atom is 0.128 e. The van der Waals surface area contributed by atoms with Crippen molar-refractivity contribution in [2.45, 2.75) is 38.1 Å². The van der Waals surface area contributed by atoms with E-state index in [1.165, 1.54) is 12.8 Å². The minimum atomic E-state index is -0.281. The molecule has 1 aromatic carbocycles. The Morgan fingerprint density at radius 2 is 1.88 bits per heavy atom. The third kappa shape index (κ3) is 2.25. The lowest BCUT2D eigenvalue weighted by atomic mass is 9.88. The average molecular weight is 235 g/mol. The van der Waals surface area contributed by atoms with E-state index in [0.29, 0.717) is 6.61 Å². The molecular weight excluding hydrogens is 214 g/mol. The van der Waals surface area contributed by atoms with Crippen LogP contribution in [-0.2, 0) is 5.54 Å². The Labute approximate surface area is 103 Å². The highest BCUT2D eigenvalue weighted by Crippen LogP contribution is 2.45. The van der Waals surface area contributed by atoms with Gasteiger partial charge in [0.05, 0.1) is 19.3 Å². The second kappa shape index (κ2) is 4.96. The van der Waals surface area contributed by atoms with Gasteiger partial charge in [-0.15, -0.1) is 0 Å². The summed E-state index contributed by atoms with van der Waals surface area (Å²) < 4.78 is 11.1. The molecule has 0 amide bonds. The number of hydrogen-bond donors (Lipinski definition) is 1. The molecule has 0 saturated heterocycles. The van der Waals surface area contributed by atoms with Crippen LogP contribution >= 0.6 is 0 Å². The van der Waals surface area contributed by atoms with Crippen molar-refractivity contribution in [3.05, 3.63) is 23.8 Å². The van der Waals surface area contributed by atoms with Crippen LogP contribution in [0.25, 0.3) is 0 Å². The number of benzene rings is 1. The lowest BCUT2D eigenvalue weighted by Gasteiger charge is -2.28. The summed E-state index contributed by atoms with van der Waals surface area (Å²) in [6.45, 7) is 2.64. The third-order valence-corrected chi connectivity index (χ3v) is 3.50. The van der Waals surface area contributed by atoms with Gasteiger partial charge in [-0.2, -0.15) is 0 Å². The molecule has 1 saturated carbocycles. The molecule has 94 valence electrons. The van der Waals surface area contributed by atoms with Crippen molar-refractivity contribution in [2.75, 3.05) is 13.7 Å². The molecule has 2 N–H and O–H groups in total. The summed E-state index contributed by atoms with van der Waals surface area (Å²) in [5, 5.41) is 0. The second-order valence-electron chi connectivity index (χ2n) is 4.63. The maximum absolute atomic E-state index is 6.53. The smallest absolute Gasteiger partial charge is 0.128 e. The monoisotopic (exact) mass is 235 g/mol. The zero-order chi connectivity index (χ0) is 12.3. The summed E-state index contributed by atoms with van der Waals surface area (Å²) in [6.07, 6.45) is 4.38. The molecule has 1 aromatic rings. The number of hydrogen-bond acceptors (Lipinski definition) is 3. The first-order valence-corrected chi connectivity index (χ1v) is 6.30. The van der Waals surface area contributed by atoms with Crippen LogP contribution in [0.3, 0.4) is 0 Å². The number of rotatable bonds is 4. The van der Waals surface area contributed by atoms with Gasteiger partial charge in [0.2, 0.25) is 0 Å². The van der Waals surface area contributed by atoms with Gasteiger partial charge in [-0.25, -0.2) is 0 Å². The van der Waals surface area contributed by atoms with E-state index in [9.17, 15) is 0 Å². The first kappa shape index (κ1) is 12.2. The van der Waals surface area contributed by atoms with Gasteiger partial charge in [-0.05, 0) is 31.9 Å². The van der Waals surface area contributed by atoms with Gasteiger partial charge in [-0.1, -0.05) is 18.9 Å². The number of ether oxygens (including phenoxy) is 2. The summed E-state index contributed by atoms with van der Waals surface area (Å²) in [5.41, 5.74) is 7.29. The van der Waals surface area contributed by atoms with Crippen molar-refractivity contribution in [3.63, 3.8) is 0 Å². The SMILES string of the molecule is CCOc1cccc(OC)c1C1(N)CCCC1. The zero-order valence-corrected chi connectivity index (χ0v) is 10.7. The highest BCUT2D eigenvalue weighted by atomic mass is 16.5. The average Bonchev–Trinajstić information content (AvgIpc) is 2.77. The molecule has 2 rings (SSSR count). The summed E-state index contributed by atoms with van der Waals surface area (Å²) in [7, 11) is 1.69. The van der Waals surface area contributed by atoms with E-state index in [-0.39, 0.29) is 5.54 Å². The minimum Gasteiger partial charge on any atom is -0.496 e. The Balaban J connectivity index is 2.47. The molecule has 0 aliphatic heterocycles. The van der Waals surface area contributed by atoms with Crippen LogP contribution in [0.15, 0.2) is 18.2 Å². The first-order chi connectivity index (χ1) is 8.21. The van der Waals surface area contributed by atoms with Crippen LogP contribution < -0.4 is 15.2 Å². The molecule has 1 fully saturated rings. The van der Waals surface area contributed by atoms with E-state index in [4.69, 9.17) is 15.2 Å². The van der Waals surface area contributed by atoms with E-state index in [1.807, 2.05) is 25.1 Å². The first-order valence-electron chi connectivity index (χ1n) is 6.30. The van der Waals surface area contributed by atoms with Crippen molar-refractivity contribution < 1.29 is 9.47 Å². The van der Waals surface area contributed by atoms with Crippen LogP contribution in [0.2, 0.25) is 0 Å². The topological polar surface area (TPSA) is 44.5 Å². The Morgan fingerprint density at radius 3 is 2.47 bits per heavy atom. The minimum absolute atomic E-state index is 0.281. The second-order valence-corrected chi connectivity index (χ2v) is 4.63.